The van der Waals surface area contributed by atoms with Gasteiger partial charge in [0.1, 0.15) is 12.2 Å². The summed E-state index contributed by atoms with van der Waals surface area (Å²) in [6, 6.07) is 8.12. The summed E-state index contributed by atoms with van der Waals surface area (Å²) in [5.41, 5.74) is 1.49. The molecule has 3 heterocycles. The fourth-order valence-corrected chi connectivity index (χ4v) is 3.89. The monoisotopic (exact) mass is 358 g/mol. The molecule has 2 aromatic heterocycles. The second-order valence-corrected chi connectivity index (χ2v) is 6.91. The van der Waals surface area contributed by atoms with E-state index in [0.29, 0.717) is 18.8 Å². The van der Waals surface area contributed by atoms with Gasteiger partial charge < -0.3 is 14.9 Å². The molecular weight excluding hydrogens is 340 g/mol. The maximum atomic E-state index is 12.4. The Balaban J connectivity index is 1.36. The van der Waals surface area contributed by atoms with Crippen molar-refractivity contribution in [3.63, 3.8) is 0 Å². The van der Waals surface area contributed by atoms with Crippen LogP contribution in [0.25, 0.3) is 10.2 Å². The van der Waals surface area contributed by atoms with E-state index >= 15 is 0 Å². The molecule has 1 aliphatic heterocycles. The molecule has 130 valence electrons. The quantitative estimate of drug-likeness (QED) is 0.740. The van der Waals surface area contributed by atoms with Gasteiger partial charge >= 0.3 is 0 Å². The van der Waals surface area contributed by atoms with Gasteiger partial charge in [0.2, 0.25) is 5.91 Å². The molecule has 0 aliphatic carbocycles. The number of fused-ring (bicyclic) bond motifs is 1. The van der Waals surface area contributed by atoms with E-state index in [2.05, 4.69) is 26.3 Å². The summed E-state index contributed by atoms with van der Waals surface area (Å²) in [5.74, 6) is 0.0124. The predicted molar refractivity (Wildman–Crippen MR) is 94.4 cm³/mol. The van der Waals surface area contributed by atoms with E-state index in [1.165, 1.54) is 9.38 Å². The molecule has 9 heteroatoms. The van der Waals surface area contributed by atoms with Crippen molar-refractivity contribution in [3.8, 4) is 0 Å². The Morgan fingerprint density at radius 1 is 1.20 bits per heavy atom. The van der Waals surface area contributed by atoms with Crippen LogP contribution < -0.4 is 4.90 Å². The number of aliphatic hydroxyl groups excluding tert-OH is 1. The number of hydrogen-bond acceptors (Lipinski definition) is 7. The molecule has 0 atom stereocenters. The summed E-state index contributed by atoms with van der Waals surface area (Å²) in [7, 11) is 0. The maximum absolute atomic E-state index is 12.4. The number of carbonyl (C=O) groups excluding carboxylic acids is 1. The fraction of sp³-hybridized carbons (Fsp3) is 0.375. The number of hydrogen-bond donors (Lipinski definition) is 1. The van der Waals surface area contributed by atoms with Crippen LogP contribution >= 0.6 is 11.3 Å². The average Bonchev–Trinajstić information content (AvgIpc) is 3.28. The van der Waals surface area contributed by atoms with Gasteiger partial charge in [-0.25, -0.2) is 9.67 Å². The van der Waals surface area contributed by atoms with Crippen LogP contribution in [-0.2, 0) is 17.9 Å². The topological polar surface area (TPSA) is 87.4 Å². The molecule has 3 aromatic rings. The van der Waals surface area contributed by atoms with Gasteiger partial charge in [-0.05, 0) is 12.1 Å². The minimum absolute atomic E-state index is 0.0124. The zero-order chi connectivity index (χ0) is 17.2. The van der Waals surface area contributed by atoms with E-state index in [1.807, 2.05) is 23.1 Å². The summed E-state index contributed by atoms with van der Waals surface area (Å²) < 4.78 is 2.65. The molecule has 4 rings (SSSR count). The lowest BCUT2D eigenvalue weighted by molar-refractivity contribution is -0.132. The normalized spacial score (nSPS) is 15.1. The first-order valence-corrected chi connectivity index (χ1v) is 8.93. The van der Waals surface area contributed by atoms with Gasteiger partial charge in [0.05, 0.1) is 23.0 Å². The van der Waals surface area contributed by atoms with Crippen LogP contribution in [0.2, 0.25) is 0 Å². The van der Waals surface area contributed by atoms with Gasteiger partial charge in [0.25, 0.3) is 0 Å². The summed E-state index contributed by atoms with van der Waals surface area (Å²) in [6.07, 6.45) is 1.59. The number of aromatic nitrogens is 4. The Hall–Kier alpha value is -2.52. The number of rotatable bonds is 4. The summed E-state index contributed by atoms with van der Waals surface area (Å²) >= 11 is 1.69. The lowest BCUT2D eigenvalue weighted by atomic mass is 10.3. The SMILES string of the molecule is O=C(Cn1cc(CO)nn1)N1CCN(c2nc3ccccc3s2)CC1. The van der Waals surface area contributed by atoms with E-state index < -0.39 is 0 Å². The van der Waals surface area contributed by atoms with Gasteiger partial charge in [-0.2, -0.15) is 0 Å². The lowest BCUT2D eigenvalue weighted by Gasteiger charge is -2.34. The largest absolute Gasteiger partial charge is 0.390 e. The van der Waals surface area contributed by atoms with Gasteiger partial charge in [0, 0.05) is 26.2 Å². The number of carbonyl (C=O) groups is 1. The molecule has 1 aliphatic rings. The van der Waals surface area contributed by atoms with Crippen molar-refractivity contribution in [2.45, 2.75) is 13.2 Å². The van der Waals surface area contributed by atoms with Gasteiger partial charge in [-0.3, -0.25) is 4.79 Å². The van der Waals surface area contributed by atoms with Crippen molar-refractivity contribution in [3.05, 3.63) is 36.2 Å². The summed E-state index contributed by atoms with van der Waals surface area (Å²) in [6.45, 7) is 2.84. The third-order valence-corrected chi connectivity index (χ3v) is 5.33. The second kappa shape index (κ2) is 6.77. The van der Waals surface area contributed by atoms with Gasteiger partial charge in [-0.1, -0.05) is 28.7 Å². The average molecular weight is 358 g/mol. The molecule has 0 spiro atoms. The van der Waals surface area contributed by atoms with Gasteiger partial charge in [0.15, 0.2) is 5.13 Å². The van der Waals surface area contributed by atoms with Crippen LogP contribution in [0.4, 0.5) is 5.13 Å². The molecular formula is C16H18N6O2S. The Bertz CT molecular complexity index is 851. The maximum Gasteiger partial charge on any atom is 0.244 e. The predicted octanol–water partition coefficient (Wildman–Crippen LogP) is 0.729. The van der Waals surface area contributed by atoms with Crippen molar-refractivity contribution in [2.24, 2.45) is 0 Å². The highest BCUT2D eigenvalue weighted by molar-refractivity contribution is 7.22. The molecule has 0 radical (unpaired) electrons. The highest BCUT2D eigenvalue weighted by Gasteiger charge is 2.23. The minimum atomic E-state index is -0.172. The lowest BCUT2D eigenvalue weighted by Crippen LogP contribution is -2.49. The van der Waals surface area contributed by atoms with E-state index in [9.17, 15) is 4.79 Å². The molecule has 1 aromatic carbocycles. The zero-order valence-corrected chi connectivity index (χ0v) is 14.4. The Labute approximate surface area is 148 Å². The minimum Gasteiger partial charge on any atom is -0.390 e. The van der Waals surface area contributed by atoms with Crippen molar-refractivity contribution < 1.29 is 9.90 Å². The van der Waals surface area contributed by atoms with Crippen molar-refractivity contribution in [1.29, 1.82) is 0 Å². The standard InChI is InChI=1S/C16H18N6O2S/c23-11-12-9-22(19-18-12)10-15(24)20-5-7-21(8-6-20)16-17-13-3-1-2-4-14(13)25-16/h1-4,9,23H,5-8,10-11H2. The Morgan fingerprint density at radius 3 is 2.72 bits per heavy atom. The number of aliphatic hydroxyl groups is 1. The first kappa shape index (κ1) is 16.0. The van der Waals surface area contributed by atoms with Crippen LogP contribution in [0.3, 0.4) is 0 Å². The zero-order valence-electron chi connectivity index (χ0n) is 13.6. The van der Waals surface area contributed by atoms with Crippen molar-refractivity contribution in [2.75, 3.05) is 31.1 Å². The number of anilines is 1. The van der Waals surface area contributed by atoms with Crippen LogP contribution in [0, 0.1) is 0 Å². The molecule has 1 fully saturated rings. The number of nitrogens with zero attached hydrogens (tertiary/aromatic N) is 6. The molecule has 1 saturated heterocycles. The van der Waals surface area contributed by atoms with E-state index in [1.54, 1.807) is 17.5 Å². The molecule has 1 amide bonds. The Kier molecular flexibility index (Phi) is 4.33. The first-order valence-electron chi connectivity index (χ1n) is 8.11. The fourth-order valence-electron chi connectivity index (χ4n) is 2.87. The number of para-hydroxylation sites is 1. The van der Waals surface area contributed by atoms with Crippen LogP contribution in [0.1, 0.15) is 5.69 Å². The van der Waals surface area contributed by atoms with E-state index in [4.69, 9.17) is 5.11 Å². The Morgan fingerprint density at radius 2 is 2.00 bits per heavy atom. The molecule has 8 nitrogen and oxygen atoms in total. The molecule has 1 N–H and O–H groups in total. The molecule has 0 bridgehead atoms. The first-order chi connectivity index (χ1) is 12.2. The van der Waals surface area contributed by atoms with Crippen molar-refractivity contribution in [1.82, 2.24) is 24.9 Å². The third kappa shape index (κ3) is 3.33. The van der Waals surface area contributed by atoms with Crippen molar-refractivity contribution >= 4 is 32.6 Å². The molecule has 0 unspecified atom stereocenters. The molecule has 0 saturated carbocycles. The highest BCUT2D eigenvalue weighted by Crippen LogP contribution is 2.29. The van der Waals surface area contributed by atoms with Crippen LogP contribution in [-0.4, -0.2) is 62.1 Å². The number of piperazine rings is 1. The smallest absolute Gasteiger partial charge is 0.244 e. The van der Waals surface area contributed by atoms with Crippen LogP contribution in [0.5, 0.6) is 0 Å². The second-order valence-electron chi connectivity index (χ2n) is 5.90. The van der Waals surface area contributed by atoms with E-state index in [0.717, 1.165) is 23.7 Å². The number of benzene rings is 1. The number of amides is 1. The van der Waals surface area contributed by atoms with E-state index in [-0.39, 0.29) is 19.1 Å². The van der Waals surface area contributed by atoms with Crippen LogP contribution in [0.15, 0.2) is 30.5 Å². The summed E-state index contributed by atoms with van der Waals surface area (Å²) in [5, 5.41) is 17.6. The molecule has 25 heavy (non-hydrogen) atoms. The number of thiazole rings is 1. The van der Waals surface area contributed by atoms with Gasteiger partial charge in [-0.15, -0.1) is 5.10 Å². The summed E-state index contributed by atoms with van der Waals surface area (Å²) in [4.78, 5) is 21.1. The third-order valence-electron chi connectivity index (χ3n) is 4.23. The highest BCUT2D eigenvalue weighted by atomic mass is 32.1.